The summed E-state index contributed by atoms with van der Waals surface area (Å²) in [6.45, 7) is 0. The minimum atomic E-state index is 1.32. The zero-order chi connectivity index (χ0) is 5.66. The largest absolute Gasteiger partial charge is 0.0992 e. The molecule has 0 spiro atoms. The Hall–Kier alpha value is 0.860. The predicted octanol–water partition coefficient (Wildman–Crippen LogP) is 2.83. The molecule has 2 atom stereocenters. The fraction of sp³-hybridized carbons (Fsp3) is 1.00. The van der Waals surface area contributed by atoms with E-state index in [-0.39, 0.29) is 0 Å². The van der Waals surface area contributed by atoms with Crippen molar-refractivity contribution >= 4 is 16.5 Å². The lowest BCUT2D eigenvalue weighted by Gasteiger charge is -2.06. The number of hydrogen-bond donors (Lipinski definition) is 0. The molecular formula is C6H14P2. The average Bonchev–Trinajstić information content (AvgIpc) is 1.62. The Morgan fingerprint density at radius 3 is 1.62 bits per heavy atom. The van der Waals surface area contributed by atoms with Crippen LogP contribution in [-0.2, 0) is 0 Å². The molecule has 0 radical (unpaired) electrons. The van der Waals surface area contributed by atoms with Crippen LogP contribution in [0.4, 0.5) is 0 Å². The molecule has 0 amide bonds. The molecule has 2 heteroatoms. The summed E-state index contributed by atoms with van der Waals surface area (Å²) in [7, 11) is 2.64. The highest BCUT2D eigenvalue weighted by atomic mass is 32.0. The monoisotopic (exact) mass is 148 g/mol. The topological polar surface area (TPSA) is 0 Å². The molecule has 1 saturated heterocycles. The van der Waals surface area contributed by atoms with E-state index in [1.807, 2.05) is 0 Å². The molecule has 8 heavy (non-hydrogen) atoms. The average molecular weight is 148 g/mol. The maximum atomic E-state index is 1.54. The Labute approximate surface area is 55.3 Å². The van der Waals surface area contributed by atoms with Gasteiger partial charge in [-0.1, -0.05) is 29.4 Å². The molecule has 2 unspecified atom stereocenters. The summed E-state index contributed by atoms with van der Waals surface area (Å²) in [5, 5.41) is 0. The quantitative estimate of drug-likeness (QED) is 0.463. The molecule has 1 aliphatic rings. The van der Waals surface area contributed by atoms with Crippen molar-refractivity contribution in [3.8, 4) is 0 Å². The summed E-state index contributed by atoms with van der Waals surface area (Å²) in [5.74, 6) is 0. The fourth-order valence-electron chi connectivity index (χ4n) is 0.957. The van der Waals surface area contributed by atoms with Crippen LogP contribution in [0.5, 0.6) is 0 Å². The number of hydrogen-bond acceptors (Lipinski definition) is 0. The summed E-state index contributed by atoms with van der Waals surface area (Å²) >= 11 is 0. The molecule has 48 valence electrons. The van der Waals surface area contributed by atoms with Crippen LogP contribution in [0.3, 0.4) is 0 Å². The molecule has 0 aromatic carbocycles. The van der Waals surface area contributed by atoms with E-state index in [1.54, 1.807) is 12.3 Å². The van der Waals surface area contributed by atoms with E-state index in [2.05, 4.69) is 0 Å². The van der Waals surface area contributed by atoms with Crippen molar-refractivity contribution in [2.24, 2.45) is 0 Å². The van der Waals surface area contributed by atoms with Crippen LogP contribution in [-0.4, -0.2) is 12.3 Å². The molecular weight excluding hydrogens is 134 g/mol. The van der Waals surface area contributed by atoms with Crippen molar-refractivity contribution in [3.63, 3.8) is 0 Å². The summed E-state index contributed by atoms with van der Waals surface area (Å²) < 4.78 is 0. The highest BCUT2D eigenvalue weighted by Crippen LogP contribution is 2.39. The van der Waals surface area contributed by atoms with Crippen LogP contribution in [0.2, 0.25) is 0 Å². The first-order chi connectivity index (χ1) is 4.00. The summed E-state index contributed by atoms with van der Waals surface area (Å²) in [5.41, 5.74) is 0. The zero-order valence-electron chi connectivity index (χ0n) is 5.24. The lowest BCUT2D eigenvalue weighted by molar-refractivity contribution is 0.708. The van der Waals surface area contributed by atoms with Crippen molar-refractivity contribution < 1.29 is 0 Å². The Kier molecular flexibility index (Phi) is 4.11. The lowest BCUT2D eigenvalue weighted by Crippen LogP contribution is -1.83. The molecule has 1 rings (SSSR count). The van der Waals surface area contributed by atoms with E-state index in [0.717, 1.165) is 0 Å². The summed E-state index contributed by atoms with van der Waals surface area (Å²) in [6, 6.07) is 0. The highest BCUT2D eigenvalue weighted by Gasteiger charge is 1.95. The van der Waals surface area contributed by atoms with Crippen LogP contribution in [0.15, 0.2) is 0 Å². The standard InChI is InChI=1S/C6H14P2/c1-2-4-6-8-7-5-3-1/h7-8H,1-6H2. The third kappa shape index (κ3) is 3.00. The van der Waals surface area contributed by atoms with Crippen molar-refractivity contribution in [1.29, 1.82) is 0 Å². The van der Waals surface area contributed by atoms with Gasteiger partial charge in [-0.3, -0.25) is 0 Å². The van der Waals surface area contributed by atoms with Crippen molar-refractivity contribution in [3.05, 3.63) is 0 Å². The highest BCUT2D eigenvalue weighted by molar-refractivity contribution is 8.11. The van der Waals surface area contributed by atoms with Gasteiger partial charge in [-0.25, -0.2) is 0 Å². The first-order valence-corrected chi connectivity index (χ1v) is 6.87. The number of rotatable bonds is 0. The third-order valence-electron chi connectivity index (χ3n) is 1.48. The van der Waals surface area contributed by atoms with Crippen LogP contribution < -0.4 is 0 Å². The summed E-state index contributed by atoms with van der Waals surface area (Å²) in [6.07, 6.45) is 9.14. The van der Waals surface area contributed by atoms with Crippen LogP contribution in [0.1, 0.15) is 25.7 Å². The second-order valence-corrected chi connectivity index (χ2v) is 6.10. The van der Waals surface area contributed by atoms with Gasteiger partial charge in [0.1, 0.15) is 0 Å². The van der Waals surface area contributed by atoms with E-state index in [0.29, 0.717) is 0 Å². The van der Waals surface area contributed by atoms with E-state index in [4.69, 9.17) is 0 Å². The van der Waals surface area contributed by atoms with E-state index in [1.165, 1.54) is 42.2 Å². The van der Waals surface area contributed by atoms with Crippen molar-refractivity contribution in [1.82, 2.24) is 0 Å². The van der Waals surface area contributed by atoms with Gasteiger partial charge < -0.3 is 0 Å². The van der Waals surface area contributed by atoms with Crippen LogP contribution in [0, 0.1) is 0 Å². The zero-order valence-corrected chi connectivity index (χ0v) is 7.24. The third-order valence-corrected chi connectivity index (χ3v) is 5.19. The Morgan fingerprint density at radius 2 is 1.12 bits per heavy atom. The maximum absolute atomic E-state index is 1.54. The normalized spacial score (nSPS) is 30.0. The molecule has 1 heterocycles. The molecule has 1 aliphatic heterocycles. The summed E-state index contributed by atoms with van der Waals surface area (Å²) in [4.78, 5) is 0. The smallest absolute Gasteiger partial charge is 0.0317 e. The minimum absolute atomic E-state index is 1.32. The van der Waals surface area contributed by atoms with E-state index in [9.17, 15) is 0 Å². The van der Waals surface area contributed by atoms with Gasteiger partial charge in [-0.05, 0) is 25.2 Å². The van der Waals surface area contributed by atoms with Gasteiger partial charge in [-0.15, -0.1) is 0 Å². The molecule has 0 aromatic heterocycles. The Balaban J connectivity index is 2.00. The van der Waals surface area contributed by atoms with Gasteiger partial charge in [0.2, 0.25) is 0 Å². The van der Waals surface area contributed by atoms with Gasteiger partial charge in [0.15, 0.2) is 0 Å². The van der Waals surface area contributed by atoms with Gasteiger partial charge >= 0.3 is 0 Å². The lowest BCUT2D eigenvalue weighted by atomic mass is 10.2. The second kappa shape index (κ2) is 4.71. The molecule has 0 N–H and O–H groups in total. The van der Waals surface area contributed by atoms with Crippen LogP contribution in [0.25, 0.3) is 0 Å². The molecule has 0 aromatic rings. The Bertz CT molecular complexity index is 30.5. The molecule has 1 fully saturated rings. The molecule has 0 aliphatic carbocycles. The van der Waals surface area contributed by atoms with E-state index >= 15 is 0 Å². The Morgan fingerprint density at radius 1 is 0.625 bits per heavy atom. The predicted molar refractivity (Wildman–Crippen MR) is 44.8 cm³/mol. The fourth-order valence-corrected chi connectivity index (χ4v) is 4.29. The molecule has 0 saturated carbocycles. The van der Waals surface area contributed by atoms with Crippen LogP contribution >= 0.6 is 16.5 Å². The van der Waals surface area contributed by atoms with Crippen molar-refractivity contribution in [2.75, 3.05) is 12.3 Å². The molecule has 0 bridgehead atoms. The molecule has 0 nitrogen and oxygen atoms in total. The first kappa shape index (κ1) is 6.97. The maximum Gasteiger partial charge on any atom is -0.0317 e. The first-order valence-electron chi connectivity index (χ1n) is 3.46. The van der Waals surface area contributed by atoms with Gasteiger partial charge in [-0.2, -0.15) is 0 Å². The van der Waals surface area contributed by atoms with Gasteiger partial charge in [0.05, 0.1) is 0 Å². The van der Waals surface area contributed by atoms with Gasteiger partial charge in [0.25, 0.3) is 0 Å². The SMILES string of the molecule is C1CCCPPCC1. The van der Waals surface area contributed by atoms with Gasteiger partial charge in [0, 0.05) is 0 Å². The van der Waals surface area contributed by atoms with Crippen molar-refractivity contribution in [2.45, 2.75) is 25.7 Å². The van der Waals surface area contributed by atoms with E-state index < -0.39 is 0 Å². The second-order valence-electron chi connectivity index (χ2n) is 2.27. The minimum Gasteiger partial charge on any atom is -0.0992 e.